The van der Waals surface area contributed by atoms with Crippen molar-refractivity contribution < 1.29 is 9.63 Å². The highest BCUT2D eigenvalue weighted by Gasteiger charge is 2.19. The molecule has 5 nitrogen and oxygen atoms in total. The van der Waals surface area contributed by atoms with Gasteiger partial charge in [-0.05, 0) is 12.1 Å². The first-order chi connectivity index (χ1) is 10.8. The minimum absolute atomic E-state index is 0.330. The fourth-order valence-corrected chi connectivity index (χ4v) is 2.30. The van der Waals surface area contributed by atoms with Crippen LogP contribution in [0, 0.1) is 0 Å². The second-order valence-electron chi connectivity index (χ2n) is 4.66. The van der Waals surface area contributed by atoms with Crippen LogP contribution >= 0.6 is 0 Å². The topological polar surface area (TPSA) is 56.1 Å². The molecule has 1 aromatic heterocycles. The molecule has 0 bridgehead atoms. The lowest BCUT2D eigenvalue weighted by Gasteiger charge is -2.10. The van der Waals surface area contributed by atoms with Crippen LogP contribution in [0.4, 0.5) is 0 Å². The van der Waals surface area contributed by atoms with Gasteiger partial charge in [0.1, 0.15) is 0 Å². The van der Waals surface area contributed by atoms with Crippen molar-refractivity contribution in [1.82, 2.24) is 15.3 Å². The van der Waals surface area contributed by atoms with Crippen molar-refractivity contribution in [3.8, 4) is 16.9 Å². The molecule has 0 spiro atoms. The van der Waals surface area contributed by atoms with Crippen LogP contribution in [-0.4, -0.2) is 22.8 Å². The maximum atomic E-state index is 12.2. The number of amides is 1. The summed E-state index contributed by atoms with van der Waals surface area (Å²) in [6.45, 7) is 0. The summed E-state index contributed by atoms with van der Waals surface area (Å²) in [7, 11) is 1.40. The van der Waals surface area contributed by atoms with Crippen molar-refractivity contribution in [2.45, 2.75) is 0 Å². The smallest absolute Gasteiger partial charge is 0.277 e. The molecule has 0 saturated carbocycles. The first-order valence-corrected chi connectivity index (χ1v) is 6.83. The van der Waals surface area contributed by atoms with E-state index in [4.69, 9.17) is 4.84 Å². The second kappa shape index (κ2) is 6.24. The van der Waals surface area contributed by atoms with Crippen molar-refractivity contribution in [2.75, 3.05) is 7.11 Å². The summed E-state index contributed by atoms with van der Waals surface area (Å²) >= 11 is 0. The van der Waals surface area contributed by atoms with E-state index >= 15 is 0 Å². The standard InChI is InChI=1S/C17H15N3O2/c1-22-19-17(21)15-12-18-20(14-10-6-3-7-11-14)16(15)13-8-4-2-5-9-13/h2-12H,1H3,(H,19,21). The normalized spacial score (nSPS) is 10.4. The van der Waals surface area contributed by atoms with Crippen molar-refractivity contribution in [2.24, 2.45) is 0 Å². The van der Waals surface area contributed by atoms with Crippen LogP contribution < -0.4 is 5.48 Å². The zero-order valence-electron chi connectivity index (χ0n) is 12.1. The minimum Gasteiger partial charge on any atom is -0.277 e. The number of carbonyl (C=O) groups is 1. The largest absolute Gasteiger partial charge is 0.278 e. The van der Waals surface area contributed by atoms with E-state index in [9.17, 15) is 4.79 Å². The highest BCUT2D eigenvalue weighted by atomic mass is 16.6. The van der Waals surface area contributed by atoms with E-state index in [2.05, 4.69) is 10.6 Å². The van der Waals surface area contributed by atoms with Gasteiger partial charge in [0, 0.05) is 5.56 Å². The molecule has 0 atom stereocenters. The van der Waals surface area contributed by atoms with Gasteiger partial charge in [0.2, 0.25) is 0 Å². The van der Waals surface area contributed by atoms with Crippen molar-refractivity contribution in [1.29, 1.82) is 0 Å². The van der Waals surface area contributed by atoms with E-state index in [-0.39, 0.29) is 5.91 Å². The summed E-state index contributed by atoms with van der Waals surface area (Å²) in [6.07, 6.45) is 1.55. The van der Waals surface area contributed by atoms with Gasteiger partial charge in [0.05, 0.1) is 30.3 Å². The quantitative estimate of drug-likeness (QED) is 0.753. The van der Waals surface area contributed by atoms with Crippen molar-refractivity contribution >= 4 is 5.91 Å². The molecule has 1 N–H and O–H groups in total. The molecule has 1 heterocycles. The molecule has 0 unspecified atom stereocenters. The van der Waals surface area contributed by atoms with Crippen LogP contribution in [0.25, 0.3) is 16.9 Å². The van der Waals surface area contributed by atoms with E-state index in [1.54, 1.807) is 10.9 Å². The van der Waals surface area contributed by atoms with E-state index in [0.29, 0.717) is 5.56 Å². The number of hydrogen-bond donors (Lipinski definition) is 1. The Morgan fingerprint density at radius 1 is 1.05 bits per heavy atom. The summed E-state index contributed by atoms with van der Waals surface area (Å²) < 4.78 is 1.75. The number of nitrogens with zero attached hydrogens (tertiary/aromatic N) is 2. The molecule has 0 fully saturated rings. The van der Waals surface area contributed by atoms with Crippen LogP contribution in [0.2, 0.25) is 0 Å². The Kier molecular flexibility index (Phi) is 3.98. The summed E-state index contributed by atoms with van der Waals surface area (Å²) in [5, 5.41) is 4.37. The highest BCUT2D eigenvalue weighted by molar-refractivity contribution is 5.99. The number of aromatic nitrogens is 2. The third kappa shape index (κ3) is 2.62. The van der Waals surface area contributed by atoms with Gasteiger partial charge in [-0.15, -0.1) is 0 Å². The predicted molar refractivity (Wildman–Crippen MR) is 83.5 cm³/mol. The molecule has 0 aliphatic rings. The van der Waals surface area contributed by atoms with Crippen LogP contribution in [-0.2, 0) is 4.84 Å². The van der Waals surface area contributed by atoms with Crippen LogP contribution in [0.5, 0.6) is 0 Å². The molecule has 5 heteroatoms. The van der Waals surface area contributed by atoms with Crippen LogP contribution in [0.15, 0.2) is 66.9 Å². The SMILES string of the molecule is CONC(=O)c1cnn(-c2ccccc2)c1-c1ccccc1. The third-order valence-corrected chi connectivity index (χ3v) is 3.26. The number of nitrogens with one attached hydrogen (secondary N) is 1. The summed E-state index contributed by atoms with van der Waals surface area (Å²) in [4.78, 5) is 16.9. The molecular weight excluding hydrogens is 278 g/mol. The number of benzene rings is 2. The van der Waals surface area contributed by atoms with Gasteiger partial charge in [-0.25, -0.2) is 10.2 Å². The fourth-order valence-electron chi connectivity index (χ4n) is 2.30. The maximum absolute atomic E-state index is 12.2. The van der Waals surface area contributed by atoms with Gasteiger partial charge in [-0.2, -0.15) is 5.10 Å². The molecule has 0 radical (unpaired) electrons. The molecule has 0 aliphatic carbocycles. The third-order valence-electron chi connectivity index (χ3n) is 3.26. The van der Waals surface area contributed by atoms with E-state index in [0.717, 1.165) is 16.9 Å². The Balaban J connectivity index is 2.18. The first kappa shape index (κ1) is 14.0. The molecule has 1 amide bonds. The fraction of sp³-hybridized carbons (Fsp3) is 0.0588. The Morgan fingerprint density at radius 3 is 2.32 bits per heavy atom. The Labute approximate surface area is 128 Å². The Bertz CT molecular complexity index is 767. The van der Waals surface area contributed by atoms with Gasteiger partial charge in [0.15, 0.2) is 0 Å². The monoisotopic (exact) mass is 293 g/mol. The van der Waals surface area contributed by atoms with E-state index in [1.807, 2.05) is 60.7 Å². The number of hydroxylamine groups is 1. The first-order valence-electron chi connectivity index (χ1n) is 6.83. The summed E-state index contributed by atoms with van der Waals surface area (Å²) in [5.74, 6) is -0.330. The number of hydrogen-bond acceptors (Lipinski definition) is 3. The Morgan fingerprint density at radius 2 is 1.68 bits per heavy atom. The summed E-state index contributed by atoms with van der Waals surface area (Å²) in [5.41, 5.74) is 5.32. The highest BCUT2D eigenvalue weighted by Crippen LogP contribution is 2.26. The molecule has 110 valence electrons. The maximum Gasteiger partial charge on any atom is 0.278 e. The molecule has 2 aromatic carbocycles. The molecule has 0 saturated heterocycles. The van der Waals surface area contributed by atoms with Gasteiger partial charge in [-0.3, -0.25) is 9.63 Å². The second-order valence-corrected chi connectivity index (χ2v) is 4.66. The van der Waals surface area contributed by atoms with Crippen molar-refractivity contribution in [3.05, 3.63) is 72.4 Å². The summed E-state index contributed by atoms with van der Waals surface area (Å²) in [6, 6.07) is 19.4. The number of rotatable bonds is 4. The number of para-hydroxylation sites is 1. The molecule has 22 heavy (non-hydrogen) atoms. The predicted octanol–water partition coefficient (Wildman–Crippen LogP) is 2.83. The van der Waals surface area contributed by atoms with E-state index in [1.165, 1.54) is 7.11 Å². The lowest BCUT2D eigenvalue weighted by Crippen LogP contribution is -2.22. The minimum atomic E-state index is -0.330. The average Bonchev–Trinajstić information content (AvgIpc) is 3.02. The average molecular weight is 293 g/mol. The molecule has 3 rings (SSSR count). The van der Waals surface area contributed by atoms with Gasteiger partial charge < -0.3 is 0 Å². The van der Waals surface area contributed by atoms with Crippen LogP contribution in [0.3, 0.4) is 0 Å². The zero-order valence-corrected chi connectivity index (χ0v) is 12.1. The molecule has 0 aliphatic heterocycles. The van der Waals surface area contributed by atoms with Gasteiger partial charge in [-0.1, -0.05) is 48.5 Å². The molecular formula is C17H15N3O2. The lowest BCUT2D eigenvalue weighted by atomic mass is 10.1. The zero-order chi connectivity index (χ0) is 15.4. The number of carbonyl (C=O) groups excluding carboxylic acids is 1. The van der Waals surface area contributed by atoms with Gasteiger partial charge >= 0.3 is 0 Å². The Hall–Kier alpha value is -2.92. The molecule has 3 aromatic rings. The van der Waals surface area contributed by atoms with Crippen molar-refractivity contribution in [3.63, 3.8) is 0 Å². The van der Waals surface area contributed by atoms with Gasteiger partial charge in [0.25, 0.3) is 5.91 Å². The lowest BCUT2D eigenvalue weighted by molar-refractivity contribution is 0.0538. The van der Waals surface area contributed by atoms with Crippen LogP contribution in [0.1, 0.15) is 10.4 Å². The van der Waals surface area contributed by atoms with E-state index < -0.39 is 0 Å².